The molecular weight excluding hydrogens is 294 g/mol. The van der Waals surface area contributed by atoms with Crippen LogP contribution in [0.2, 0.25) is 0 Å². The second-order valence-corrected chi connectivity index (χ2v) is 8.83. The van der Waals surface area contributed by atoms with Gasteiger partial charge in [0.25, 0.3) is 7.82 Å². The van der Waals surface area contributed by atoms with Crippen molar-refractivity contribution in [2.75, 3.05) is 0 Å². The Labute approximate surface area is 112 Å². The maximum Gasteiger partial charge on any atom is 0.272 e. The van der Waals surface area contributed by atoms with Crippen LogP contribution < -0.4 is 14.7 Å². The first-order chi connectivity index (χ1) is 8.37. The van der Waals surface area contributed by atoms with E-state index in [0.717, 1.165) is 12.8 Å². The molecule has 2 bridgehead atoms. The fourth-order valence-corrected chi connectivity index (χ4v) is 5.35. The molecule has 0 spiro atoms. The molecule has 4 atom stereocenters. The number of hydrogen-bond acceptors (Lipinski definition) is 7. The van der Waals surface area contributed by atoms with Gasteiger partial charge in [-0.15, -0.1) is 0 Å². The zero-order chi connectivity index (χ0) is 14.7. The molecule has 0 aromatic carbocycles. The lowest BCUT2D eigenvalue weighted by molar-refractivity contribution is -0.340. The van der Waals surface area contributed by atoms with Gasteiger partial charge in [0.1, 0.15) is 0 Å². The summed E-state index contributed by atoms with van der Waals surface area (Å²) in [6.45, 7) is 6.03. The van der Waals surface area contributed by atoms with Crippen molar-refractivity contribution < 1.29 is 32.6 Å². The second kappa shape index (κ2) is 4.38. The van der Waals surface area contributed by atoms with Crippen LogP contribution in [0.25, 0.3) is 0 Å². The molecule has 7 nitrogen and oxygen atoms in total. The highest BCUT2D eigenvalue weighted by Gasteiger charge is 2.62. The summed E-state index contributed by atoms with van der Waals surface area (Å²) in [6, 6.07) is 0. The number of phosphoric ester groups is 1. The normalized spacial score (nSPS) is 40.3. The quantitative estimate of drug-likeness (QED) is 0.694. The Bertz CT molecular complexity index is 470. The molecule has 2 aliphatic carbocycles. The van der Waals surface area contributed by atoms with E-state index in [0.29, 0.717) is 12.3 Å². The van der Waals surface area contributed by atoms with E-state index >= 15 is 0 Å². The van der Waals surface area contributed by atoms with Crippen molar-refractivity contribution in [1.29, 1.82) is 0 Å². The fraction of sp³-hybridized carbons (Fsp3) is 1.00. The summed E-state index contributed by atoms with van der Waals surface area (Å²) < 4.78 is 30.2. The van der Waals surface area contributed by atoms with Crippen LogP contribution >= 0.6 is 15.6 Å². The van der Waals surface area contributed by atoms with Gasteiger partial charge < -0.3 is 23.8 Å². The first-order valence-electron chi connectivity index (χ1n) is 6.10. The second-order valence-electron chi connectivity index (χ2n) is 6.18. The van der Waals surface area contributed by atoms with Crippen molar-refractivity contribution >= 4 is 15.6 Å². The van der Waals surface area contributed by atoms with Crippen LogP contribution in [0.3, 0.4) is 0 Å². The third-order valence-electron chi connectivity index (χ3n) is 5.17. The topological polar surface area (TPSA) is 122 Å². The van der Waals surface area contributed by atoms with E-state index in [1.54, 1.807) is 0 Å². The standard InChI is InChI=1S/C10H20O7P2/c1-9(2)7-4-5-10(9,3)8(6-7)16-19(14,15)17-18(11,12)13/h7-8H,4-6H2,1-3H3,(H,14,15)(H2,11,12,13)/p-3. The van der Waals surface area contributed by atoms with Crippen molar-refractivity contribution in [2.24, 2.45) is 16.7 Å². The van der Waals surface area contributed by atoms with Gasteiger partial charge in [-0.05, 0) is 36.0 Å². The van der Waals surface area contributed by atoms with Crippen molar-refractivity contribution in [2.45, 2.75) is 46.1 Å². The highest BCUT2D eigenvalue weighted by Crippen LogP contribution is 2.68. The number of hydrogen-bond donors (Lipinski definition) is 0. The van der Waals surface area contributed by atoms with E-state index in [1.807, 2.05) is 6.92 Å². The first kappa shape index (κ1) is 15.6. The number of rotatable bonds is 4. The predicted molar refractivity (Wildman–Crippen MR) is 60.4 cm³/mol. The predicted octanol–water partition coefficient (Wildman–Crippen LogP) is 0.531. The molecule has 0 saturated heterocycles. The molecule has 0 heterocycles. The molecule has 4 unspecified atom stereocenters. The molecule has 0 amide bonds. The van der Waals surface area contributed by atoms with E-state index in [2.05, 4.69) is 18.2 Å². The minimum atomic E-state index is -5.62. The molecule has 0 aromatic heterocycles. The van der Waals surface area contributed by atoms with Crippen LogP contribution in [0.1, 0.15) is 40.0 Å². The minimum absolute atomic E-state index is 0.0870. The SMILES string of the molecule is CC1(C)C2CCC1(C)C(OP(=O)([O-])OP(=O)([O-])[O-])C2. The average molecular weight is 311 g/mol. The lowest BCUT2D eigenvalue weighted by atomic mass is 9.70. The van der Waals surface area contributed by atoms with E-state index in [9.17, 15) is 23.8 Å². The van der Waals surface area contributed by atoms with Gasteiger partial charge in [-0.2, -0.15) is 0 Å². The molecular formula is C10H17O7P2-3. The average Bonchev–Trinajstić information content (AvgIpc) is 2.45. The maximum absolute atomic E-state index is 11.4. The molecule has 2 saturated carbocycles. The van der Waals surface area contributed by atoms with Crippen molar-refractivity contribution in [3.63, 3.8) is 0 Å². The van der Waals surface area contributed by atoms with Gasteiger partial charge in [-0.1, -0.05) is 20.8 Å². The van der Waals surface area contributed by atoms with Crippen molar-refractivity contribution in [3.05, 3.63) is 0 Å². The molecule has 112 valence electrons. The Kier molecular flexibility index (Phi) is 3.60. The third kappa shape index (κ3) is 2.70. The number of phosphoric acid groups is 2. The van der Waals surface area contributed by atoms with Gasteiger partial charge in [-0.3, -0.25) is 8.88 Å². The largest absolute Gasteiger partial charge is 0.790 e. The van der Waals surface area contributed by atoms with Gasteiger partial charge >= 0.3 is 0 Å². The van der Waals surface area contributed by atoms with E-state index in [1.165, 1.54) is 0 Å². The molecule has 2 fully saturated rings. The molecule has 0 aliphatic heterocycles. The smallest absolute Gasteiger partial charge is 0.272 e. The third-order valence-corrected chi connectivity index (χ3v) is 7.28. The van der Waals surface area contributed by atoms with Gasteiger partial charge in [0.05, 0.1) is 13.9 Å². The molecule has 19 heavy (non-hydrogen) atoms. The summed E-state index contributed by atoms with van der Waals surface area (Å²) in [5.74, 6) is 0.328. The van der Waals surface area contributed by atoms with Gasteiger partial charge in [0.15, 0.2) is 0 Å². The molecule has 0 aromatic rings. The summed E-state index contributed by atoms with van der Waals surface area (Å²) in [6.07, 6.45) is 1.69. The summed E-state index contributed by atoms with van der Waals surface area (Å²) in [4.78, 5) is 32.2. The van der Waals surface area contributed by atoms with Crippen molar-refractivity contribution in [1.82, 2.24) is 0 Å². The van der Waals surface area contributed by atoms with Crippen LogP contribution in [-0.2, 0) is 18.0 Å². The van der Waals surface area contributed by atoms with Crippen molar-refractivity contribution in [3.8, 4) is 0 Å². The Morgan fingerprint density at radius 3 is 2.11 bits per heavy atom. The number of fused-ring (bicyclic) bond motifs is 2. The van der Waals surface area contributed by atoms with Gasteiger partial charge in [0, 0.05) is 0 Å². The monoisotopic (exact) mass is 311 g/mol. The summed E-state index contributed by atoms with van der Waals surface area (Å²) in [7, 11) is -10.7. The van der Waals surface area contributed by atoms with Crippen LogP contribution in [0.5, 0.6) is 0 Å². The lowest BCUT2D eigenvalue weighted by Gasteiger charge is -2.42. The summed E-state index contributed by atoms with van der Waals surface area (Å²) in [5.41, 5.74) is -0.451. The molecule has 2 aliphatic rings. The summed E-state index contributed by atoms with van der Waals surface area (Å²) >= 11 is 0. The summed E-state index contributed by atoms with van der Waals surface area (Å²) in [5, 5.41) is 0. The molecule has 0 radical (unpaired) electrons. The highest BCUT2D eigenvalue weighted by molar-refractivity contribution is 7.58. The maximum atomic E-state index is 11.4. The van der Waals surface area contributed by atoms with E-state index in [4.69, 9.17) is 4.52 Å². The Balaban J connectivity index is 2.14. The molecule has 0 N–H and O–H groups in total. The Morgan fingerprint density at radius 1 is 1.16 bits per heavy atom. The van der Waals surface area contributed by atoms with E-state index in [-0.39, 0.29) is 10.8 Å². The zero-order valence-electron chi connectivity index (χ0n) is 11.0. The van der Waals surface area contributed by atoms with Gasteiger partial charge in [-0.25, -0.2) is 0 Å². The fourth-order valence-electron chi connectivity index (χ4n) is 3.59. The van der Waals surface area contributed by atoms with Gasteiger partial charge in [0.2, 0.25) is 0 Å². The van der Waals surface area contributed by atoms with Crippen LogP contribution in [0.15, 0.2) is 0 Å². The highest BCUT2D eigenvalue weighted by atomic mass is 31.3. The molecule has 9 heteroatoms. The zero-order valence-corrected chi connectivity index (χ0v) is 12.8. The first-order valence-corrected chi connectivity index (χ1v) is 9.02. The molecule has 2 rings (SSSR count). The van der Waals surface area contributed by atoms with Crippen LogP contribution in [0, 0.1) is 16.7 Å². The van der Waals surface area contributed by atoms with Crippen LogP contribution in [-0.4, -0.2) is 6.10 Å². The Hall–Kier alpha value is 0.260. The van der Waals surface area contributed by atoms with Crippen LogP contribution in [0.4, 0.5) is 0 Å². The minimum Gasteiger partial charge on any atom is -0.790 e. The Morgan fingerprint density at radius 2 is 1.74 bits per heavy atom. The van der Waals surface area contributed by atoms with E-state index < -0.39 is 21.7 Å². The lowest BCUT2D eigenvalue weighted by Crippen LogP contribution is -2.37.